The van der Waals surface area contributed by atoms with Crippen molar-refractivity contribution in [1.29, 1.82) is 0 Å². The van der Waals surface area contributed by atoms with Crippen LogP contribution in [-0.4, -0.2) is 30.2 Å². The molecule has 3 rings (SSSR count). The van der Waals surface area contributed by atoms with E-state index in [1.807, 2.05) is 19.1 Å². The number of pyridine rings is 1. The maximum absolute atomic E-state index is 12.5. The first-order chi connectivity index (χ1) is 11.6. The third-order valence-corrected chi connectivity index (χ3v) is 3.81. The monoisotopic (exact) mass is 326 g/mol. The highest BCUT2D eigenvalue weighted by atomic mass is 16.5. The summed E-state index contributed by atoms with van der Waals surface area (Å²) >= 11 is 0. The lowest BCUT2D eigenvalue weighted by atomic mass is 10.1. The number of carbonyl (C=O) groups is 1. The van der Waals surface area contributed by atoms with E-state index in [-0.39, 0.29) is 0 Å². The van der Waals surface area contributed by atoms with Crippen molar-refractivity contribution in [3.05, 3.63) is 53.9 Å². The lowest BCUT2D eigenvalue weighted by molar-refractivity contribution is 0.0339. The molecule has 124 valence electrons. The largest absolute Gasteiger partial charge is 0.497 e. The Morgan fingerprint density at radius 2 is 1.83 bits per heavy atom. The van der Waals surface area contributed by atoms with E-state index in [0.717, 1.165) is 10.9 Å². The molecule has 0 spiro atoms. The predicted molar refractivity (Wildman–Crippen MR) is 89.5 cm³/mol. The maximum Gasteiger partial charge on any atom is 0.339 e. The third-order valence-electron chi connectivity index (χ3n) is 3.81. The number of methoxy groups -OCH3 is 2. The summed E-state index contributed by atoms with van der Waals surface area (Å²) in [6, 6.07) is 8.86. The number of aromatic nitrogens is 2. The van der Waals surface area contributed by atoms with Crippen molar-refractivity contribution in [2.75, 3.05) is 14.2 Å². The Balaban J connectivity index is 1.85. The van der Waals surface area contributed by atoms with Gasteiger partial charge in [0.15, 0.2) is 0 Å². The fourth-order valence-corrected chi connectivity index (χ4v) is 2.50. The minimum absolute atomic E-state index is 0.406. The van der Waals surface area contributed by atoms with Gasteiger partial charge in [0, 0.05) is 23.8 Å². The average Bonchev–Trinajstić information content (AvgIpc) is 3.09. The van der Waals surface area contributed by atoms with Gasteiger partial charge in [-0.05, 0) is 36.8 Å². The van der Waals surface area contributed by atoms with Crippen LogP contribution in [0, 0.1) is 0 Å². The highest BCUT2D eigenvalue weighted by molar-refractivity contribution is 6.02. The van der Waals surface area contributed by atoms with Gasteiger partial charge in [0.1, 0.15) is 23.3 Å². The van der Waals surface area contributed by atoms with Crippen LogP contribution < -0.4 is 9.47 Å². The van der Waals surface area contributed by atoms with Gasteiger partial charge in [0.2, 0.25) is 0 Å². The van der Waals surface area contributed by atoms with Crippen LogP contribution in [0.1, 0.15) is 28.9 Å². The van der Waals surface area contributed by atoms with Crippen molar-refractivity contribution >= 4 is 17.0 Å². The Morgan fingerprint density at radius 1 is 1.12 bits per heavy atom. The first-order valence-corrected chi connectivity index (χ1v) is 7.48. The number of hydrogen-bond donors (Lipinski definition) is 1. The molecule has 2 heterocycles. The first kappa shape index (κ1) is 15.9. The molecule has 0 unspecified atom stereocenters. The molecule has 0 aliphatic heterocycles. The Morgan fingerprint density at radius 3 is 2.50 bits per heavy atom. The van der Waals surface area contributed by atoms with Crippen LogP contribution in [0.2, 0.25) is 0 Å². The van der Waals surface area contributed by atoms with Gasteiger partial charge in [-0.25, -0.2) is 9.78 Å². The van der Waals surface area contributed by atoms with E-state index in [4.69, 9.17) is 14.2 Å². The molecular formula is C18H18N2O4. The summed E-state index contributed by atoms with van der Waals surface area (Å²) in [6.45, 7) is 1.81. The number of nitrogens with zero attached hydrogens (tertiary/aromatic N) is 1. The van der Waals surface area contributed by atoms with E-state index in [2.05, 4.69) is 9.97 Å². The fraction of sp³-hybridized carbons (Fsp3) is 0.222. The first-order valence-electron chi connectivity index (χ1n) is 7.48. The molecule has 6 nitrogen and oxygen atoms in total. The molecular weight excluding hydrogens is 308 g/mol. The summed E-state index contributed by atoms with van der Waals surface area (Å²) in [4.78, 5) is 19.7. The second-order valence-electron chi connectivity index (χ2n) is 5.29. The zero-order chi connectivity index (χ0) is 17.1. The average molecular weight is 326 g/mol. The van der Waals surface area contributed by atoms with E-state index in [9.17, 15) is 4.79 Å². The summed E-state index contributed by atoms with van der Waals surface area (Å²) in [7, 11) is 3.16. The number of carbonyl (C=O) groups excluding carboxylic acids is 1. The number of esters is 1. The second kappa shape index (κ2) is 6.62. The van der Waals surface area contributed by atoms with Crippen LogP contribution in [0.25, 0.3) is 11.0 Å². The zero-order valence-electron chi connectivity index (χ0n) is 13.7. The molecule has 3 aromatic rings. The van der Waals surface area contributed by atoms with Gasteiger partial charge >= 0.3 is 5.97 Å². The number of nitrogens with one attached hydrogen (secondary N) is 1. The van der Waals surface area contributed by atoms with Crippen LogP contribution >= 0.6 is 0 Å². The van der Waals surface area contributed by atoms with Gasteiger partial charge in [0.25, 0.3) is 0 Å². The van der Waals surface area contributed by atoms with E-state index >= 15 is 0 Å². The Kier molecular flexibility index (Phi) is 4.37. The number of benzene rings is 1. The fourth-order valence-electron chi connectivity index (χ4n) is 2.50. The highest BCUT2D eigenvalue weighted by Gasteiger charge is 2.18. The van der Waals surface area contributed by atoms with E-state index < -0.39 is 12.1 Å². The maximum atomic E-state index is 12.5. The normalized spacial score (nSPS) is 12.0. The molecule has 0 fully saturated rings. The molecule has 1 N–H and O–H groups in total. The Labute approximate surface area is 139 Å². The molecule has 0 aliphatic rings. The van der Waals surface area contributed by atoms with Gasteiger partial charge in [-0.3, -0.25) is 0 Å². The van der Waals surface area contributed by atoms with E-state index in [1.54, 1.807) is 44.8 Å². The minimum Gasteiger partial charge on any atom is -0.497 e. The molecule has 0 saturated heterocycles. The predicted octanol–water partition coefficient (Wildman–Crippen LogP) is 3.50. The second-order valence-corrected chi connectivity index (χ2v) is 5.29. The van der Waals surface area contributed by atoms with Crippen LogP contribution in [0.5, 0.6) is 11.5 Å². The SMILES string of the molecule is COc1cc(OC)cc([C@@H](C)OC(=O)c2ccnc3[nH]ccc23)c1. The van der Waals surface area contributed by atoms with Crippen molar-refractivity contribution in [1.82, 2.24) is 9.97 Å². The number of fused-ring (bicyclic) bond motifs is 1. The van der Waals surface area contributed by atoms with Gasteiger partial charge < -0.3 is 19.2 Å². The number of ether oxygens (including phenoxy) is 3. The smallest absolute Gasteiger partial charge is 0.339 e. The standard InChI is InChI=1S/C18H18N2O4/c1-11(12-8-13(22-2)10-14(9-12)23-3)24-18(21)16-5-7-20-17-15(16)4-6-19-17/h4-11H,1-3H3,(H,19,20)/t11-/m1/s1. The van der Waals surface area contributed by atoms with Gasteiger partial charge in [-0.1, -0.05) is 0 Å². The van der Waals surface area contributed by atoms with Crippen LogP contribution in [0.3, 0.4) is 0 Å². The number of hydrogen-bond acceptors (Lipinski definition) is 5. The summed E-state index contributed by atoms with van der Waals surface area (Å²) in [5.41, 5.74) is 1.92. The summed E-state index contributed by atoms with van der Waals surface area (Å²) in [5.74, 6) is 0.879. The van der Waals surface area contributed by atoms with Gasteiger partial charge in [0.05, 0.1) is 19.8 Å². The number of aromatic amines is 1. The van der Waals surface area contributed by atoms with Crippen molar-refractivity contribution in [2.45, 2.75) is 13.0 Å². The van der Waals surface area contributed by atoms with Crippen molar-refractivity contribution in [3.63, 3.8) is 0 Å². The molecule has 0 amide bonds. The van der Waals surface area contributed by atoms with Gasteiger partial charge in [-0.15, -0.1) is 0 Å². The molecule has 0 aliphatic carbocycles. The lowest BCUT2D eigenvalue weighted by Crippen LogP contribution is -2.10. The molecule has 24 heavy (non-hydrogen) atoms. The molecule has 0 bridgehead atoms. The zero-order valence-corrected chi connectivity index (χ0v) is 13.7. The van der Waals surface area contributed by atoms with Gasteiger partial charge in [-0.2, -0.15) is 0 Å². The van der Waals surface area contributed by atoms with Crippen molar-refractivity contribution < 1.29 is 19.0 Å². The molecule has 2 aromatic heterocycles. The minimum atomic E-state index is -0.455. The molecule has 1 atom stereocenters. The van der Waals surface area contributed by atoms with E-state index in [0.29, 0.717) is 22.7 Å². The summed E-state index contributed by atoms with van der Waals surface area (Å²) in [5, 5.41) is 0.734. The highest BCUT2D eigenvalue weighted by Crippen LogP contribution is 2.29. The quantitative estimate of drug-likeness (QED) is 0.726. The lowest BCUT2D eigenvalue weighted by Gasteiger charge is -2.16. The number of rotatable bonds is 5. The van der Waals surface area contributed by atoms with Crippen LogP contribution in [0.15, 0.2) is 42.7 Å². The van der Waals surface area contributed by atoms with Crippen molar-refractivity contribution in [2.24, 2.45) is 0 Å². The van der Waals surface area contributed by atoms with Crippen LogP contribution in [0.4, 0.5) is 0 Å². The summed E-state index contributed by atoms with van der Waals surface area (Å²) in [6.07, 6.45) is 2.86. The Hall–Kier alpha value is -3.02. The Bertz CT molecular complexity index is 850. The number of H-pyrrole nitrogens is 1. The molecule has 0 saturated carbocycles. The third kappa shape index (κ3) is 3.03. The molecule has 6 heteroatoms. The molecule has 1 aromatic carbocycles. The van der Waals surface area contributed by atoms with Crippen LogP contribution in [-0.2, 0) is 4.74 Å². The molecule has 0 radical (unpaired) electrons. The van der Waals surface area contributed by atoms with Crippen molar-refractivity contribution in [3.8, 4) is 11.5 Å². The van der Waals surface area contributed by atoms with E-state index in [1.165, 1.54) is 0 Å². The summed E-state index contributed by atoms with van der Waals surface area (Å²) < 4.78 is 16.1. The topological polar surface area (TPSA) is 73.4 Å².